The number of hydrogen-bond donors (Lipinski definition) is 1. The lowest BCUT2D eigenvalue weighted by atomic mass is 10.2. The molecule has 1 aromatic heterocycles. The van der Waals surface area contributed by atoms with Crippen LogP contribution in [-0.2, 0) is 4.74 Å². The summed E-state index contributed by atoms with van der Waals surface area (Å²) >= 11 is 0.967. The van der Waals surface area contributed by atoms with E-state index in [2.05, 4.69) is 4.98 Å². The summed E-state index contributed by atoms with van der Waals surface area (Å²) in [6, 6.07) is 5.78. The van der Waals surface area contributed by atoms with Gasteiger partial charge in [0.2, 0.25) is 5.88 Å². The second kappa shape index (κ2) is 5.14. The standard InChI is InChI=1S/C12H10FNO3S/c1-2-17-12(16)9-10(15)14-11(18-9)7-4-3-5-8(13)6-7/h3-6,15H,2H2,1H3. The predicted octanol–water partition coefficient (Wildman–Crippen LogP) is 2.83. The largest absolute Gasteiger partial charge is 0.492 e. The van der Waals surface area contributed by atoms with Crippen molar-refractivity contribution in [1.82, 2.24) is 4.98 Å². The Morgan fingerprint density at radius 3 is 3.00 bits per heavy atom. The van der Waals surface area contributed by atoms with Crippen LogP contribution < -0.4 is 0 Å². The van der Waals surface area contributed by atoms with Gasteiger partial charge in [0.05, 0.1) is 6.61 Å². The number of aromatic hydroxyl groups is 1. The molecule has 18 heavy (non-hydrogen) atoms. The van der Waals surface area contributed by atoms with Gasteiger partial charge in [0.1, 0.15) is 10.8 Å². The van der Waals surface area contributed by atoms with Crippen molar-refractivity contribution in [2.24, 2.45) is 0 Å². The van der Waals surface area contributed by atoms with E-state index in [0.717, 1.165) is 11.3 Å². The van der Waals surface area contributed by atoms with Crippen LogP contribution in [0.25, 0.3) is 10.6 Å². The molecule has 2 aromatic rings. The minimum atomic E-state index is -0.629. The summed E-state index contributed by atoms with van der Waals surface area (Å²) < 4.78 is 17.8. The van der Waals surface area contributed by atoms with Crippen LogP contribution in [0.2, 0.25) is 0 Å². The number of benzene rings is 1. The van der Waals surface area contributed by atoms with Gasteiger partial charge in [0.25, 0.3) is 0 Å². The second-order valence-electron chi connectivity index (χ2n) is 3.40. The molecule has 2 rings (SSSR count). The molecule has 0 amide bonds. The summed E-state index contributed by atoms with van der Waals surface area (Å²) in [6.07, 6.45) is 0. The third-order valence-electron chi connectivity index (χ3n) is 2.14. The second-order valence-corrected chi connectivity index (χ2v) is 4.40. The molecule has 0 spiro atoms. The molecule has 0 aliphatic carbocycles. The Labute approximate surface area is 107 Å². The van der Waals surface area contributed by atoms with E-state index in [1.54, 1.807) is 13.0 Å². The van der Waals surface area contributed by atoms with Gasteiger partial charge in [-0.25, -0.2) is 14.2 Å². The Kier molecular flexibility index (Phi) is 3.57. The number of hydrogen-bond acceptors (Lipinski definition) is 5. The van der Waals surface area contributed by atoms with Crippen LogP contribution in [0.1, 0.15) is 16.6 Å². The first-order valence-corrected chi connectivity index (χ1v) is 6.06. The minimum Gasteiger partial charge on any atom is -0.492 e. The van der Waals surface area contributed by atoms with Gasteiger partial charge in [-0.2, -0.15) is 0 Å². The van der Waals surface area contributed by atoms with Crippen LogP contribution >= 0.6 is 11.3 Å². The predicted molar refractivity (Wildman–Crippen MR) is 65.1 cm³/mol. The molecule has 0 aliphatic heterocycles. The van der Waals surface area contributed by atoms with Gasteiger partial charge in [-0.05, 0) is 19.1 Å². The molecule has 0 radical (unpaired) electrons. The van der Waals surface area contributed by atoms with Gasteiger partial charge >= 0.3 is 5.97 Å². The first-order valence-electron chi connectivity index (χ1n) is 5.24. The topological polar surface area (TPSA) is 59.4 Å². The van der Waals surface area contributed by atoms with E-state index in [-0.39, 0.29) is 11.5 Å². The Morgan fingerprint density at radius 2 is 2.33 bits per heavy atom. The highest BCUT2D eigenvalue weighted by atomic mass is 32.1. The number of carbonyl (C=O) groups is 1. The number of halogens is 1. The molecule has 0 bridgehead atoms. The highest BCUT2D eigenvalue weighted by Crippen LogP contribution is 2.32. The van der Waals surface area contributed by atoms with E-state index in [1.165, 1.54) is 18.2 Å². The van der Waals surface area contributed by atoms with Gasteiger partial charge in [0.15, 0.2) is 4.88 Å². The monoisotopic (exact) mass is 267 g/mol. The summed E-state index contributed by atoms with van der Waals surface area (Å²) in [5.41, 5.74) is 0.505. The maximum absolute atomic E-state index is 13.1. The van der Waals surface area contributed by atoms with Gasteiger partial charge in [-0.15, -0.1) is 11.3 Å². The summed E-state index contributed by atoms with van der Waals surface area (Å²) in [5.74, 6) is -1.42. The first-order chi connectivity index (χ1) is 8.61. The average molecular weight is 267 g/mol. The smallest absolute Gasteiger partial charge is 0.353 e. The highest BCUT2D eigenvalue weighted by Gasteiger charge is 2.19. The van der Waals surface area contributed by atoms with E-state index in [1.807, 2.05) is 0 Å². The highest BCUT2D eigenvalue weighted by molar-refractivity contribution is 7.17. The average Bonchev–Trinajstić information content (AvgIpc) is 2.72. The molecule has 4 nitrogen and oxygen atoms in total. The van der Waals surface area contributed by atoms with Crippen LogP contribution in [0.5, 0.6) is 5.88 Å². The van der Waals surface area contributed by atoms with Crippen LogP contribution in [-0.4, -0.2) is 22.7 Å². The maximum Gasteiger partial charge on any atom is 0.353 e. The van der Waals surface area contributed by atoms with Crippen molar-refractivity contribution in [2.45, 2.75) is 6.92 Å². The SMILES string of the molecule is CCOC(=O)c1sc(-c2cccc(F)c2)nc1O. The van der Waals surface area contributed by atoms with Crippen molar-refractivity contribution < 1.29 is 19.0 Å². The molecular formula is C12H10FNO3S. The zero-order valence-corrected chi connectivity index (χ0v) is 10.3. The van der Waals surface area contributed by atoms with Gasteiger partial charge in [0, 0.05) is 5.56 Å². The van der Waals surface area contributed by atoms with E-state index >= 15 is 0 Å². The van der Waals surface area contributed by atoms with Crippen LogP contribution in [0, 0.1) is 5.82 Å². The Morgan fingerprint density at radius 1 is 1.56 bits per heavy atom. The fourth-order valence-electron chi connectivity index (χ4n) is 1.39. The molecule has 94 valence electrons. The fraction of sp³-hybridized carbons (Fsp3) is 0.167. The number of carbonyl (C=O) groups excluding carboxylic acids is 1. The number of rotatable bonds is 3. The van der Waals surface area contributed by atoms with Crippen molar-refractivity contribution in [3.05, 3.63) is 35.0 Å². The zero-order chi connectivity index (χ0) is 13.1. The van der Waals surface area contributed by atoms with E-state index in [9.17, 15) is 14.3 Å². The van der Waals surface area contributed by atoms with Crippen LogP contribution in [0.3, 0.4) is 0 Å². The molecular weight excluding hydrogens is 257 g/mol. The molecule has 0 unspecified atom stereocenters. The molecule has 1 aromatic carbocycles. The third-order valence-corrected chi connectivity index (χ3v) is 3.22. The van der Waals surface area contributed by atoms with Gasteiger partial charge < -0.3 is 9.84 Å². The van der Waals surface area contributed by atoms with Gasteiger partial charge in [-0.3, -0.25) is 0 Å². The van der Waals surface area contributed by atoms with Crippen molar-refractivity contribution in [3.63, 3.8) is 0 Å². The molecule has 0 saturated heterocycles. The quantitative estimate of drug-likeness (QED) is 0.869. The summed E-state index contributed by atoms with van der Waals surface area (Å²) in [4.78, 5) is 15.3. The Balaban J connectivity index is 2.37. The number of thiazole rings is 1. The Hall–Kier alpha value is -1.95. The lowest BCUT2D eigenvalue weighted by Gasteiger charge is -1.97. The van der Waals surface area contributed by atoms with Crippen LogP contribution in [0.15, 0.2) is 24.3 Å². The van der Waals surface area contributed by atoms with Crippen molar-refractivity contribution in [3.8, 4) is 16.5 Å². The molecule has 6 heteroatoms. The number of esters is 1. The molecule has 0 saturated carbocycles. The molecule has 0 fully saturated rings. The summed E-state index contributed by atoms with van der Waals surface area (Å²) in [7, 11) is 0. The molecule has 0 aliphatic rings. The van der Waals surface area contributed by atoms with Crippen molar-refractivity contribution in [2.75, 3.05) is 6.61 Å². The normalized spacial score (nSPS) is 10.3. The number of nitrogens with zero attached hydrogens (tertiary/aromatic N) is 1. The van der Waals surface area contributed by atoms with Crippen LogP contribution in [0.4, 0.5) is 4.39 Å². The number of ether oxygens (including phenoxy) is 1. The minimum absolute atomic E-state index is 0.0242. The summed E-state index contributed by atoms with van der Waals surface area (Å²) in [6.45, 7) is 1.88. The molecule has 1 N–H and O–H groups in total. The zero-order valence-electron chi connectivity index (χ0n) is 9.51. The lowest BCUT2D eigenvalue weighted by Crippen LogP contribution is -2.02. The molecule has 0 atom stereocenters. The van der Waals surface area contributed by atoms with Crippen molar-refractivity contribution in [1.29, 1.82) is 0 Å². The van der Waals surface area contributed by atoms with Crippen molar-refractivity contribution >= 4 is 17.3 Å². The van der Waals surface area contributed by atoms with Gasteiger partial charge in [-0.1, -0.05) is 12.1 Å². The Bertz CT molecular complexity index is 582. The van der Waals surface area contributed by atoms with E-state index < -0.39 is 17.7 Å². The number of aromatic nitrogens is 1. The first kappa shape index (κ1) is 12.5. The molecule has 1 heterocycles. The fourth-order valence-corrected chi connectivity index (χ4v) is 2.24. The third kappa shape index (κ3) is 2.48. The van der Waals surface area contributed by atoms with E-state index in [4.69, 9.17) is 4.74 Å². The maximum atomic E-state index is 13.1. The lowest BCUT2D eigenvalue weighted by molar-refractivity contribution is 0.0528. The van der Waals surface area contributed by atoms with E-state index in [0.29, 0.717) is 10.6 Å². The summed E-state index contributed by atoms with van der Waals surface area (Å²) in [5, 5.41) is 9.93.